The maximum absolute atomic E-state index is 13.1. The van der Waals surface area contributed by atoms with Gasteiger partial charge in [0.2, 0.25) is 0 Å². The van der Waals surface area contributed by atoms with Crippen LogP contribution in [-0.2, 0) is 6.54 Å². The summed E-state index contributed by atoms with van der Waals surface area (Å²) in [7, 11) is 0. The number of benzene rings is 1. The van der Waals surface area contributed by atoms with Gasteiger partial charge in [-0.05, 0) is 30.3 Å². The summed E-state index contributed by atoms with van der Waals surface area (Å²) in [5.74, 6) is -2.59. The van der Waals surface area contributed by atoms with Crippen LogP contribution in [0, 0.1) is 11.6 Å². The molecule has 23 heavy (non-hydrogen) atoms. The fraction of sp³-hybridized carbons (Fsp3) is 0.0667. The van der Waals surface area contributed by atoms with Gasteiger partial charge < -0.3 is 5.32 Å². The van der Waals surface area contributed by atoms with E-state index in [1.807, 2.05) is 0 Å². The molecule has 6 nitrogen and oxygen atoms in total. The number of carbonyl (C=O) groups is 1. The quantitative estimate of drug-likeness (QED) is 0.798. The molecule has 0 saturated carbocycles. The summed E-state index contributed by atoms with van der Waals surface area (Å²) in [5, 5.41) is 10.4. The molecule has 0 fully saturated rings. The van der Waals surface area contributed by atoms with Gasteiger partial charge in [0, 0.05) is 18.0 Å². The molecule has 0 saturated heterocycles. The van der Waals surface area contributed by atoms with E-state index in [0.717, 1.165) is 17.8 Å². The van der Waals surface area contributed by atoms with E-state index in [9.17, 15) is 13.6 Å². The van der Waals surface area contributed by atoms with Crippen molar-refractivity contribution in [1.82, 2.24) is 25.3 Å². The molecule has 0 aliphatic heterocycles. The standard InChI is InChI=1S/C15H11F2N5O/c16-13-2-1-10(7-14(13)17)15(23)19-8-11-9-22(21-20-11)12-3-5-18-6-4-12/h1-7,9H,8H2,(H,19,23). The van der Waals surface area contributed by atoms with E-state index in [0.29, 0.717) is 5.69 Å². The molecular formula is C15H11F2N5O. The van der Waals surface area contributed by atoms with E-state index in [1.54, 1.807) is 35.4 Å². The lowest BCUT2D eigenvalue weighted by Crippen LogP contribution is -2.23. The van der Waals surface area contributed by atoms with Crippen molar-refractivity contribution in [1.29, 1.82) is 0 Å². The molecule has 1 amide bonds. The lowest BCUT2D eigenvalue weighted by Gasteiger charge is -2.03. The minimum atomic E-state index is -1.07. The number of rotatable bonds is 4. The third kappa shape index (κ3) is 3.37. The topological polar surface area (TPSA) is 72.7 Å². The average Bonchev–Trinajstić information content (AvgIpc) is 3.05. The van der Waals surface area contributed by atoms with E-state index in [2.05, 4.69) is 20.6 Å². The van der Waals surface area contributed by atoms with Gasteiger partial charge in [0.25, 0.3) is 5.91 Å². The highest BCUT2D eigenvalue weighted by atomic mass is 19.2. The van der Waals surface area contributed by atoms with Crippen molar-refractivity contribution in [2.75, 3.05) is 0 Å². The maximum Gasteiger partial charge on any atom is 0.251 e. The van der Waals surface area contributed by atoms with Crippen molar-refractivity contribution in [3.8, 4) is 5.69 Å². The number of halogens is 2. The van der Waals surface area contributed by atoms with E-state index in [4.69, 9.17) is 0 Å². The molecule has 2 aromatic heterocycles. The predicted molar refractivity (Wildman–Crippen MR) is 76.7 cm³/mol. The van der Waals surface area contributed by atoms with Gasteiger partial charge in [0.05, 0.1) is 18.4 Å². The van der Waals surface area contributed by atoms with E-state index in [-0.39, 0.29) is 12.1 Å². The summed E-state index contributed by atoms with van der Waals surface area (Å²) in [6, 6.07) is 6.49. The van der Waals surface area contributed by atoms with Crippen LogP contribution in [0.2, 0.25) is 0 Å². The molecule has 3 rings (SSSR count). The van der Waals surface area contributed by atoms with Crippen LogP contribution >= 0.6 is 0 Å². The Morgan fingerprint density at radius 2 is 1.91 bits per heavy atom. The van der Waals surface area contributed by atoms with Crippen molar-refractivity contribution < 1.29 is 13.6 Å². The number of aromatic nitrogens is 4. The van der Waals surface area contributed by atoms with E-state index >= 15 is 0 Å². The molecule has 0 spiro atoms. The Hall–Kier alpha value is -3.16. The largest absolute Gasteiger partial charge is 0.346 e. The molecule has 2 heterocycles. The molecule has 116 valence electrons. The van der Waals surface area contributed by atoms with Crippen LogP contribution in [0.25, 0.3) is 5.69 Å². The van der Waals surface area contributed by atoms with Gasteiger partial charge >= 0.3 is 0 Å². The highest BCUT2D eigenvalue weighted by Gasteiger charge is 2.10. The van der Waals surface area contributed by atoms with Crippen LogP contribution in [0.4, 0.5) is 8.78 Å². The molecular weight excluding hydrogens is 304 g/mol. The molecule has 0 aliphatic carbocycles. The number of nitrogens with one attached hydrogen (secondary N) is 1. The zero-order valence-corrected chi connectivity index (χ0v) is 11.8. The molecule has 1 aromatic carbocycles. The highest BCUT2D eigenvalue weighted by molar-refractivity contribution is 5.94. The average molecular weight is 315 g/mol. The summed E-state index contributed by atoms with van der Waals surface area (Å²) < 4.78 is 27.5. The second kappa shape index (κ2) is 6.30. The Morgan fingerprint density at radius 1 is 1.13 bits per heavy atom. The summed E-state index contributed by atoms with van der Waals surface area (Å²) in [6.07, 6.45) is 4.91. The first kappa shape index (κ1) is 14.8. The third-order valence-corrected chi connectivity index (χ3v) is 3.08. The monoisotopic (exact) mass is 315 g/mol. The van der Waals surface area contributed by atoms with Crippen LogP contribution < -0.4 is 5.32 Å². The van der Waals surface area contributed by atoms with Gasteiger partial charge in [-0.3, -0.25) is 9.78 Å². The van der Waals surface area contributed by atoms with Crippen LogP contribution in [-0.4, -0.2) is 25.9 Å². The number of hydrogen-bond donors (Lipinski definition) is 1. The second-order valence-electron chi connectivity index (χ2n) is 4.67. The SMILES string of the molecule is O=C(NCc1cn(-c2ccncc2)nn1)c1ccc(F)c(F)c1. The highest BCUT2D eigenvalue weighted by Crippen LogP contribution is 2.09. The van der Waals surface area contributed by atoms with Crippen molar-refractivity contribution >= 4 is 5.91 Å². The van der Waals surface area contributed by atoms with Gasteiger partial charge in [-0.2, -0.15) is 0 Å². The number of amides is 1. The molecule has 0 bridgehead atoms. The van der Waals surface area contributed by atoms with Crippen LogP contribution in [0.3, 0.4) is 0 Å². The van der Waals surface area contributed by atoms with E-state index in [1.165, 1.54) is 6.07 Å². The minimum Gasteiger partial charge on any atom is -0.346 e. The first-order chi connectivity index (χ1) is 11.1. The maximum atomic E-state index is 13.1. The number of carbonyl (C=O) groups excluding carboxylic acids is 1. The van der Waals surface area contributed by atoms with E-state index < -0.39 is 17.5 Å². The van der Waals surface area contributed by atoms with Crippen LogP contribution in [0.5, 0.6) is 0 Å². The lowest BCUT2D eigenvalue weighted by molar-refractivity contribution is 0.0950. The number of nitrogens with zero attached hydrogens (tertiary/aromatic N) is 4. The van der Waals surface area contributed by atoms with Gasteiger partial charge in [0.1, 0.15) is 5.69 Å². The van der Waals surface area contributed by atoms with Crippen molar-refractivity contribution in [3.05, 3.63) is 71.8 Å². The van der Waals surface area contributed by atoms with Gasteiger partial charge in [-0.25, -0.2) is 13.5 Å². The molecule has 3 aromatic rings. The van der Waals surface area contributed by atoms with Gasteiger partial charge in [-0.15, -0.1) is 5.10 Å². The normalized spacial score (nSPS) is 10.5. The molecule has 0 unspecified atom stereocenters. The smallest absolute Gasteiger partial charge is 0.251 e. The Labute approximate surface area is 129 Å². The second-order valence-corrected chi connectivity index (χ2v) is 4.67. The summed E-state index contributed by atoms with van der Waals surface area (Å²) >= 11 is 0. The van der Waals surface area contributed by atoms with Crippen molar-refractivity contribution in [2.24, 2.45) is 0 Å². The minimum absolute atomic E-state index is 0.0328. The molecule has 0 atom stereocenters. The summed E-state index contributed by atoms with van der Waals surface area (Å²) in [4.78, 5) is 15.8. The van der Waals surface area contributed by atoms with Crippen LogP contribution in [0.1, 0.15) is 16.1 Å². The summed E-state index contributed by atoms with van der Waals surface area (Å²) in [5.41, 5.74) is 1.34. The third-order valence-electron chi connectivity index (χ3n) is 3.08. The van der Waals surface area contributed by atoms with Crippen molar-refractivity contribution in [2.45, 2.75) is 6.54 Å². The molecule has 8 heteroatoms. The van der Waals surface area contributed by atoms with Gasteiger partial charge in [-0.1, -0.05) is 5.21 Å². The fourth-order valence-electron chi connectivity index (χ4n) is 1.91. The Balaban J connectivity index is 1.65. The first-order valence-corrected chi connectivity index (χ1v) is 6.68. The van der Waals surface area contributed by atoms with Crippen LogP contribution in [0.15, 0.2) is 48.9 Å². The molecule has 1 N–H and O–H groups in total. The predicted octanol–water partition coefficient (Wildman–Crippen LogP) is 1.87. The number of hydrogen-bond acceptors (Lipinski definition) is 4. The van der Waals surface area contributed by atoms with Crippen molar-refractivity contribution in [3.63, 3.8) is 0 Å². The zero-order chi connectivity index (χ0) is 16.2. The molecule has 0 radical (unpaired) electrons. The Morgan fingerprint density at radius 3 is 2.65 bits per heavy atom. The first-order valence-electron chi connectivity index (χ1n) is 6.68. The fourth-order valence-corrected chi connectivity index (χ4v) is 1.91. The summed E-state index contributed by atoms with van der Waals surface area (Å²) in [6.45, 7) is 0.114. The lowest BCUT2D eigenvalue weighted by atomic mass is 10.2. The van der Waals surface area contributed by atoms with Gasteiger partial charge in [0.15, 0.2) is 11.6 Å². The Bertz CT molecular complexity index is 835. The zero-order valence-electron chi connectivity index (χ0n) is 11.8. The number of pyridine rings is 1. The Kier molecular flexibility index (Phi) is 4.05. The molecule has 0 aliphatic rings.